The van der Waals surface area contributed by atoms with Gasteiger partial charge in [0, 0.05) is 12.6 Å². The van der Waals surface area contributed by atoms with Gasteiger partial charge in [0.15, 0.2) is 5.60 Å². The summed E-state index contributed by atoms with van der Waals surface area (Å²) >= 11 is 0. The van der Waals surface area contributed by atoms with Crippen LogP contribution in [0.25, 0.3) is 0 Å². The molecule has 2 heterocycles. The lowest BCUT2D eigenvalue weighted by Gasteiger charge is -2.20. The lowest BCUT2D eigenvalue weighted by atomic mass is 9.92. The van der Waals surface area contributed by atoms with Crippen molar-refractivity contribution in [3.8, 4) is 0 Å². The molecule has 0 radical (unpaired) electrons. The zero-order valence-corrected chi connectivity index (χ0v) is 9.03. The van der Waals surface area contributed by atoms with Crippen molar-refractivity contribution in [1.82, 2.24) is 4.98 Å². The Balaban J connectivity index is 2.21. The van der Waals surface area contributed by atoms with Crippen LogP contribution < -0.4 is 0 Å². The van der Waals surface area contributed by atoms with E-state index in [1.54, 1.807) is 6.20 Å². The van der Waals surface area contributed by atoms with Gasteiger partial charge in [0.05, 0.1) is 5.69 Å². The number of oxime groups is 1. The molecule has 1 aromatic heterocycles. The minimum absolute atomic E-state index is 0.368. The zero-order valence-electron chi connectivity index (χ0n) is 9.03. The predicted molar refractivity (Wildman–Crippen MR) is 59.7 cm³/mol. The molecule has 0 amide bonds. The molecule has 3 nitrogen and oxygen atoms in total. The van der Waals surface area contributed by atoms with Crippen LogP contribution in [0.4, 0.5) is 0 Å². The summed E-state index contributed by atoms with van der Waals surface area (Å²) in [6.07, 6.45) is 2.49. The van der Waals surface area contributed by atoms with Crippen LogP contribution in [0.5, 0.6) is 0 Å². The summed E-state index contributed by atoms with van der Waals surface area (Å²) in [5.41, 5.74) is 2.38. The van der Waals surface area contributed by atoms with Crippen LogP contribution in [0.1, 0.15) is 26.0 Å². The van der Waals surface area contributed by atoms with Crippen LogP contribution in [-0.4, -0.2) is 16.3 Å². The molecule has 0 aliphatic carbocycles. The van der Waals surface area contributed by atoms with Crippen LogP contribution in [-0.2, 0) is 4.84 Å². The first-order valence-electron chi connectivity index (χ1n) is 4.94. The number of aromatic nitrogens is 1. The van der Waals surface area contributed by atoms with Crippen LogP contribution >= 0.6 is 0 Å². The molecule has 0 bridgehead atoms. The smallest absolute Gasteiger partial charge is 0.161 e. The highest BCUT2D eigenvalue weighted by molar-refractivity contribution is 6.00. The van der Waals surface area contributed by atoms with Gasteiger partial charge in [-0.15, -0.1) is 0 Å². The maximum Gasteiger partial charge on any atom is 0.161 e. The van der Waals surface area contributed by atoms with Gasteiger partial charge in [0.1, 0.15) is 5.71 Å². The second-order valence-electron chi connectivity index (χ2n) is 4.03. The Hall–Kier alpha value is -1.64. The van der Waals surface area contributed by atoms with E-state index in [0.29, 0.717) is 0 Å². The Morgan fingerprint density at radius 3 is 2.87 bits per heavy atom. The summed E-state index contributed by atoms with van der Waals surface area (Å²) in [4.78, 5) is 9.66. The Labute approximate surface area is 89.5 Å². The summed E-state index contributed by atoms with van der Waals surface area (Å²) in [5.74, 6) is 0. The van der Waals surface area contributed by atoms with E-state index >= 15 is 0 Å². The Bertz CT molecular complexity index is 411. The fraction of sp³-hybridized carbons (Fsp3) is 0.333. The average molecular weight is 202 g/mol. The van der Waals surface area contributed by atoms with Crippen molar-refractivity contribution in [2.24, 2.45) is 5.16 Å². The highest BCUT2D eigenvalue weighted by atomic mass is 16.7. The SMILES string of the molecule is C=C(C)C1(C)CC(c2ccccn2)=NO1. The van der Waals surface area contributed by atoms with E-state index in [4.69, 9.17) is 4.84 Å². The third-order valence-corrected chi connectivity index (χ3v) is 2.73. The first-order valence-corrected chi connectivity index (χ1v) is 4.94. The Morgan fingerprint density at radius 2 is 2.33 bits per heavy atom. The molecule has 0 saturated carbocycles. The van der Waals surface area contributed by atoms with Gasteiger partial charge in [0.25, 0.3) is 0 Å². The van der Waals surface area contributed by atoms with E-state index in [0.717, 1.165) is 23.4 Å². The third-order valence-electron chi connectivity index (χ3n) is 2.73. The lowest BCUT2D eigenvalue weighted by molar-refractivity contribution is 0.0271. The van der Waals surface area contributed by atoms with Gasteiger partial charge in [-0.25, -0.2) is 0 Å². The fourth-order valence-electron chi connectivity index (χ4n) is 1.44. The molecule has 0 aromatic carbocycles. The molecule has 0 saturated heterocycles. The average Bonchev–Trinajstić information content (AvgIpc) is 2.64. The molecular weight excluding hydrogens is 188 g/mol. The van der Waals surface area contributed by atoms with Gasteiger partial charge in [-0.05, 0) is 31.6 Å². The van der Waals surface area contributed by atoms with Crippen molar-refractivity contribution in [2.75, 3.05) is 0 Å². The van der Waals surface area contributed by atoms with Crippen molar-refractivity contribution >= 4 is 5.71 Å². The Morgan fingerprint density at radius 1 is 1.53 bits per heavy atom. The summed E-state index contributed by atoms with van der Waals surface area (Å²) in [7, 11) is 0. The number of nitrogens with zero attached hydrogens (tertiary/aromatic N) is 2. The molecule has 0 spiro atoms. The number of hydrogen-bond acceptors (Lipinski definition) is 3. The van der Waals surface area contributed by atoms with Crippen molar-refractivity contribution in [1.29, 1.82) is 0 Å². The summed E-state index contributed by atoms with van der Waals surface area (Å²) in [6.45, 7) is 7.87. The maximum absolute atomic E-state index is 5.42. The van der Waals surface area contributed by atoms with Gasteiger partial charge in [-0.2, -0.15) is 0 Å². The van der Waals surface area contributed by atoms with Crippen LogP contribution in [0, 0.1) is 0 Å². The summed E-state index contributed by atoms with van der Waals surface area (Å²) in [6, 6.07) is 5.77. The topological polar surface area (TPSA) is 34.5 Å². The van der Waals surface area contributed by atoms with E-state index in [1.165, 1.54) is 0 Å². The first kappa shape index (κ1) is 9.90. The van der Waals surface area contributed by atoms with Crippen LogP contribution in [0.15, 0.2) is 41.7 Å². The van der Waals surface area contributed by atoms with E-state index in [9.17, 15) is 0 Å². The minimum Gasteiger partial charge on any atom is -0.384 e. The van der Waals surface area contributed by atoms with Gasteiger partial charge in [0.2, 0.25) is 0 Å². The number of hydrogen-bond donors (Lipinski definition) is 0. The largest absolute Gasteiger partial charge is 0.384 e. The summed E-state index contributed by atoms with van der Waals surface area (Å²) in [5, 5.41) is 4.07. The standard InChI is InChI=1S/C12H14N2O/c1-9(2)12(3)8-11(14-15-12)10-6-4-5-7-13-10/h4-7H,1,8H2,2-3H3. The van der Waals surface area contributed by atoms with E-state index in [-0.39, 0.29) is 5.60 Å². The molecule has 1 atom stereocenters. The molecule has 78 valence electrons. The molecule has 2 rings (SSSR count). The molecule has 0 N–H and O–H groups in total. The molecular formula is C12H14N2O. The highest BCUT2D eigenvalue weighted by Gasteiger charge is 2.35. The second kappa shape index (κ2) is 3.50. The zero-order chi connectivity index (χ0) is 10.9. The minimum atomic E-state index is -0.368. The Kier molecular flexibility index (Phi) is 2.31. The molecule has 1 aliphatic heterocycles. The van der Waals surface area contributed by atoms with Crippen LogP contribution in [0.3, 0.4) is 0 Å². The second-order valence-corrected chi connectivity index (χ2v) is 4.03. The van der Waals surface area contributed by atoms with Crippen molar-refractivity contribution in [3.63, 3.8) is 0 Å². The molecule has 3 heteroatoms. The lowest BCUT2D eigenvalue weighted by Crippen LogP contribution is -2.25. The van der Waals surface area contributed by atoms with E-state index in [1.807, 2.05) is 32.0 Å². The molecule has 0 fully saturated rings. The summed E-state index contributed by atoms with van der Waals surface area (Å²) < 4.78 is 0. The number of pyridine rings is 1. The normalized spacial score (nSPS) is 24.5. The fourth-order valence-corrected chi connectivity index (χ4v) is 1.44. The van der Waals surface area contributed by atoms with E-state index in [2.05, 4.69) is 16.7 Å². The molecule has 15 heavy (non-hydrogen) atoms. The monoisotopic (exact) mass is 202 g/mol. The highest BCUT2D eigenvalue weighted by Crippen LogP contribution is 2.31. The maximum atomic E-state index is 5.42. The number of rotatable bonds is 2. The van der Waals surface area contributed by atoms with Gasteiger partial charge < -0.3 is 4.84 Å². The third kappa shape index (κ3) is 1.77. The quantitative estimate of drug-likeness (QED) is 0.691. The van der Waals surface area contributed by atoms with Crippen molar-refractivity contribution < 1.29 is 4.84 Å². The van der Waals surface area contributed by atoms with Gasteiger partial charge in [-0.1, -0.05) is 17.8 Å². The van der Waals surface area contributed by atoms with E-state index < -0.39 is 0 Å². The molecule has 1 aliphatic rings. The van der Waals surface area contributed by atoms with Gasteiger partial charge >= 0.3 is 0 Å². The van der Waals surface area contributed by atoms with Gasteiger partial charge in [-0.3, -0.25) is 4.98 Å². The van der Waals surface area contributed by atoms with Crippen LogP contribution in [0.2, 0.25) is 0 Å². The van der Waals surface area contributed by atoms with Crippen molar-refractivity contribution in [2.45, 2.75) is 25.9 Å². The first-order chi connectivity index (χ1) is 7.12. The predicted octanol–water partition coefficient (Wildman–Crippen LogP) is 2.54. The van der Waals surface area contributed by atoms with Crippen molar-refractivity contribution in [3.05, 3.63) is 42.2 Å². The molecule has 1 unspecified atom stereocenters. The molecule has 1 aromatic rings.